The van der Waals surface area contributed by atoms with Crippen LogP contribution in [0.15, 0.2) is 24.5 Å². The Kier molecular flexibility index (Phi) is 7.14. The van der Waals surface area contributed by atoms with Crippen molar-refractivity contribution in [3.8, 4) is 10.4 Å². The third-order valence-corrected chi connectivity index (χ3v) is 8.94. The molecule has 7 nitrogen and oxygen atoms in total. The normalized spacial score (nSPS) is 15.1. The van der Waals surface area contributed by atoms with Gasteiger partial charge in [-0.05, 0) is 93.8 Å². The number of amides is 2. The van der Waals surface area contributed by atoms with Crippen LogP contribution in [0, 0.1) is 0 Å². The van der Waals surface area contributed by atoms with Crippen molar-refractivity contribution < 1.29 is 14.3 Å². The molecule has 3 N–H and O–H groups in total. The van der Waals surface area contributed by atoms with E-state index >= 15 is 0 Å². The van der Waals surface area contributed by atoms with Crippen molar-refractivity contribution in [1.82, 2.24) is 15.6 Å². The predicted octanol–water partition coefficient (Wildman–Crippen LogP) is 5.67. The van der Waals surface area contributed by atoms with E-state index in [1.165, 1.54) is 31.5 Å². The van der Waals surface area contributed by atoms with Crippen LogP contribution in [0.5, 0.6) is 0 Å². The molecule has 5 rings (SSSR count). The number of ether oxygens (including phenoxy) is 1. The molecule has 36 heavy (non-hydrogen) atoms. The monoisotopic (exact) mass is 524 g/mol. The van der Waals surface area contributed by atoms with Gasteiger partial charge in [0.05, 0.1) is 5.56 Å². The molecule has 4 heterocycles. The molecule has 0 radical (unpaired) electrons. The highest BCUT2D eigenvalue weighted by atomic mass is 32.1. The minimum Gasteiger partial charge on any atom is -0.456 e. The van der Waals surface area contributed by atoms with Crippen molar-refractivity contribution in [1.29, 1.82) is 0 Å². The Balaban J connectivity index is 1.37. The van der Waals surface area contributed by atoms with Gasteiger partial charge in [0.2, 0.25) is 0 Å². The van der Waals surface area contributed by atoms with Crippen LogP contribution in [0.25, 0.3) is 10.4 Å². The molecule has 0 atom stereocenters. The van der Waals surface area contributed by atoms with Crippen LogP contribution >= 0.6 is 22.7 Å². The SMILES string of the molecule is CC(C)(C)OC(=O)c1c(NC(=O)NCc2c(-c3ccncc3)sc3c2CCNC3)sc2c1CCCC2. The minimum absolute atomic E-state index is 0.312. The second kappa shape index (κ2) is 10.3. The number of pyridine rings is 1. The third-order valence-electron chi connectivity index (χ3n) is 6.41. The number of esters is 1. The summed E-state index contributed by atoms with van der Waals surface area (Å²) >= 11 is 3.28. The number of anilines is 1. The van der Waals surface area contributed by atoms with Crippen LogP contribution < -0.4 is 16.0 Å². The molecule has 0 aromatic carbocycles. The van der Waals surface area contributed by atoms with Gasteiger partial charge in [-0.3, -0.25) is 10.3 Å². The summed E-state index contributed by atoms with van der Waals surface area (Å²) in [7, 11) is 0. The van der Waals surface area contributed by atoms with Gasteiger partial charge >= 0.3 is 12.0 Å². The van der Waals surface area contributed by atoms with E-state index in [2.05, 4.69) is 20.9 Å². The predicted molar refractivity (Wildman–Crippen MR) is 145 cm³/mol. The van der Waals surface area contributed by atoms with Crippen LogP contribution in [-0.4, -0.2) is 29.1 Å². The average molecular weight is 525 g/mol. The van der Waals surface area contributed by atoms with E-state index in [0.29, 0.717) is 17.1 Å². The molecule has 0 saturated heterocycles. The van der Waals surface area contributed by atoms with Gasteiger partial charge < -0.3 is 15.4 Å². The molecule has 1 aliphatic heterocycles. The number of urea groups is 1. The van der Waals surface area contributed by atoms with Crippen LogP contribution in [0.4, 0.5) is 9.80 Å². The highest BCUT2D eigenvalue weighted by molar-refractivity contribution is 7.17. The van der Waals surface area contributed by atoms with Gasteiger partial charge in [-0.1, -0.05) is 0 Å². The quantitative estimate of drug-likeness (QED) is 0.374. The zero-order valence-electron chi connectivity index (χ0n) is 21.0. The first-order valence-electron chi connectivity index (χ1n) is 12.5. The summed E-state index contributed by atoms with van der Waals surface area (Å²) in [5.41, 5.74) is 4.56. The second-order valence-electron chi connectivity index (χ2n) is 10.2. The summed E-state index contributed by atoms with van der Waals surface area (Å²) in [5, 5.41) is 10.1. The summed E-state index contributed by atoms with van der Waals surface area (Å²) in [6, 6.07) is 3.71. The van der Waals surface area contributed by atoms with Crippen molar-refractivity contribution >= 4 is 39.7 Å². The molecule has 0 spiro atoms. The molecule has 2 aliphatic rings. The summed E-state index contributed by atoms with van der Waals surface area (Å²) in [6.45, 7) is 7.79. The molecule has 0 fully saturated rings. The lowest BCUT2D eigenvalue weighted by atomic mass is 9.95. The van der Waals surface area contributed by atoms with E-state index in [0.717, 1.165) is 61.9 Å². The number of aromatic nitrogens is 1. The molecule has 190 valence electrons. The van der Waals surface area contributed by atoms with Gasteiger partial charge in [0.1, 0.15) is 10.6 Å². The smallest absolute Gasteiger partial charge is 0.341 e. The molecule has 0 saturated carbocycles. The largest absolute Gasteiger partial charge is 0.456 e. The van der Waals surface area contributed by atoms with Gasteiger partial charge in [0.25, 0.3) is 0 Å². The van der Waals surface area contributed by atoms with E-state index in [1.807, 2.05) is 32.9 Å². The molecule has 0 unspecified atom stereocenters. The number of aryl methyl sites for hydroxylation is 1. The van der Waals surface area contributed by atoms with E-state index < -0.39 is 5.60 Å². The molecular weight excluding hydrogens is 492 g/mol. The molecule has 3 aromatic heterocycles. The van der Waals surface area contributed by atoms with E-state index in [4.69, 9.17) is 4.74 Å². The maximum absolute atomic E-state index is 13.1. The molecule has 3 aromatic rings. The zero-order chi connectivity index (χ0) is 25.3. The first-order valence-corrected chi connectivity index (χ1v) is 14.1. The van der Waals surface area contributed by atoms with E-state index in [-0.39, 0.29) is 12.0 Å². The van der Waals surface area contributed by atoms with Gasteiger partial charge in [-0.2, -0.15) is 0 Å². The zero-order valence-corrected chi connectivity index (χ0v) is 22.6. The summed E-state index contributed by atoms with van der Waals surface area (Å²) in [6.07, 6.45) is 8.46. The van der Waals surface area contributed by atoms with Crippen LogP contribution in [0.1, 0.15) is 70.4 Å². The number of rotatable bonds is 5. The number of nitrogens with one attached hydrogen (secondary N) is 3. The fraction of sp³-hybridized carbons (Fsp3) is 0.444. The molecule has 1 aliphatic carbocycles. The summed E-state index contributed by atoms with van der Waals surface area (Å²) < 4.78 is 5.70. The highest BCUT2D eigenvalue weighted by Crippen LogP contribution is 2.40. The van der Waals surface area contributed by atoms with E-state index in [9.17, 15) is 9.59 Å². The lowest BCUT2D eigenvalue weighted by Gasteiger charge is -2.21. The Labute approximate surface area is 219 Å². The lowest BCUT2D eigenvalue weighted by molar-refractivity contribution is 0.00699. The topological polar surface area (TPSA) is 92.3 Å². The first kappa shape index (κ1) is 24.9. The number of nitrogens with zero attached hydrogens (tertiary/aromatic N) is 1. The molecule has 0 bridgehead atoms. The average Bonchev–Trinajstić information content (AvgIpc) is 3.40. The van der Waals surface area contributed by atoms with Gasteiger partial charge in [0.15, 0.2) is 0 Å². The molecule has 2 amide bonds. The fourth-order valence-electron chi connectivity index (χ4n) is 4.84. The van der Waals surface area contributed by atoms with Gasteiger partial charge in [-0.15, -0.1) is 22.7 Å². The number of fused-ring (bicyclic) bond motifs is 2. The van der Waals surface area contributed by atoms with Crippen molar-refractivity contribution in [3.05, 3.63) is 56.5 Å². The summed E-state index contributed by atoms with van der Waals surface area (Å²) in [4.78, 5) is 34.0. The first-order chi connectivity index (χ1) is 17.3. The standard InChI is InChI=1S/C27H32N4O3S2/c1-27(2,3)34-25(32)22-18-6-4-5-7-20(18)36-24(22)31-26(33)30-14-19-17-10-13-29-15-21(17)35-23(19)16-8-11-28-12-9-16/h8-9,11-12,29H,4-7,10,13-15H2,1-3H3,(H2,30,31,33). The van der Waals surface area contributed by atoms with Crippen LogP contribution in [0.3, 0.4) is 0 Å². The molecular formula is C27H32N4O3S2. The van der Waals surface area contributed by atoms with Crippen LogP contribution in [-0.2, 0) is 37.1 Å². The summed E-state index contributed by atoms with van der Waals surface area (Å²) in [5.74, 6) is -0.364. The highest BCUT2D eigenvalue weighted by Gasteiger charge is 2.30. The van der Waals surface area contributed by atoms with Crippen molar-refractivity contribution in [2.24, 2.45) is 0 Å². The Morgan fingerprint density at radius 3 is 2.61 bits per heavy atom. The number of thiophene rings is 2. The minimum atomic E-state index is -0.601. The van der Waals surface area contributed by atoms with E-state index in [1.54, 1.807) is 23.7 Å². The lowest BCUT2D eigenvalue weighted by Crippen LogP contribution is -2.30. The van der Waals surface area contributed by atoms with Crippen molar-refractivity contribution in [3.63, 3.8) is 0 Å². The Bertz CT molecular complexity index is 1270. The fourth-order valence-corrected chi connectivity index (χ4v) is 7.45. The Hall–Kier alpha value is -2.75. The Morgan fingerprint density at radius 1 is 1.06 bits per heavy atom. The maximum Gasteiger partial charge on any atom is 0.341 e. The number of hydrogen-bond donors (Lipinski definition) is 3. The number of carbonyl (C=O) groups is 2. The maximum atomic E-state index is 13.1. The van der Waals surface area contributed by atoms with Crippen molar-refractivity contribution in [2.45, 2.75) is 71.6 Å². The molecule has 9 heteroatoms. The third kappa shape index (κ3) is 5.33. The van der Waals surface area contributed by atoms with Gasteiger partial charge in [0, 0.05) is 40.1 Å². The second-order valence-corrected chi connectivity index (χ2v) is 12.4. The Morgan fingerprint density at radius 2 is 1.83 bits per heavy atom. The van der Waals surface area contributed by atoms with Gasteiger partial charge in [-0.25, -0.2) is 9.59 Å². The number of carbonyl (C=O) groups excluding carboxylic acids is 2. The van der Waals surface area contributed by atoms with Crippen molar-refractivity contribution in [2.75, 3.05) is 11.9 Å². The number of hydrogen-bond acceptors (Lipinski definition) is 7. The van der Waals surface area contributed by atoms with Crippen LogP contribution in [0.2, 0.25) is 0 Å².